The molecule has 1 unspecified atom stereocenters. The molecule has 0 saturated carbocycles. The van der Waals surface area contributed by atoms with Crippen LogP contribution >= 0.6 is 0 Å². The Balaban J connectivity index is 1.93. The summed E-state index contributed by atoms with van der Waals surface area (Å²) in [6.45, 7) is 13.5. The minimum Gasteiger partial charge on any atom is -0.294 e. The third kappa shape index (κ3) is 3.88. The Morgan fingerprint density at radius 1 is 0.889 bits per heavy atom. The lowest BCUT2D eigenvalue weighted by Crippen LogP contribution is -2.22. The van der Waals surface area contributed by atoms with Crippen LogP contribution in [0.1, 0.15) is 82.3 Å². The maximum atomic E-state index is 13.1. The molecule has 3 rings (SSSR count). The summed E-state index contributed by atoms with van der Waals surface area (Å²) in [6, 6.07) is 15.2. The number of carbonyl (C=O) groups excluding carboxylic acids is 1. The van der Waals surface area contributed by atoms with Crippen LogP contribution in [0.15, 0.2) is 42.5 Å². The van der Waals surface area contributed by atoms with Gasteiger partial charge < -0.3 is 0 Å². The van der Waals surface area contributed by atoms with Crippen molar-refractivity contribution in [1.29, 1.82) is 0 Å². The van der Waals surface area contributed by atoms with Gasteiger partial charge in [-0.3, -0.25) is 4.79 Å². The van der Waals surface area contributed by atoms with Crippen molar-refractivity contribution < 1.29 is 4.79 Å². The highest BCUT2D eigenvalue weighted by Gasteiger charge is 2.36. The second kappa shape index (κ2) is 7.26. The molecule has 0 fully saturated rings. The first-order chi connectivity index (χ1) is 12.7. The van der Waals surface area contributed by atoms with Gasteiger partial charge in [0.25, 0.3) is 0 Å². The highest BCUT2D eigenvalue weighted by molar-refractivity contribution is 6.04. The van der Waals surface area contributed by atoms with Crippen molar-refractivity contribution in [3.05, 3.63) is 59.2 Å². The van der Waals surface area contributed by atoms with Crippen LogP contribution in [0.2, 0.25) is 0 Å². The smallest absolute Gasteiger partial charge is 0.166 e. The Morgan fingerprint density at radius 2 is 1.48 bits per heavy atom. The predicted octanol–water partition coefficient (Wildman–Crippen LogP) is 7.22. The van der Waals surface area contributed by atoms with Crippen LogP contribution in [0, 0.1) is 11.3 Å². The number of benzene rings is 2. The van der Waals surface area contributed by atoms with E-state index in [4.69, 9.17) is 0 Å². The first kappa shape index (κ1) is 19.9. The van der Waals surface area contributed by atoms with E-state index in [-0.39, 0.29) is 16.7 Å². The lowest BCUT2D eigenvalue weighted by molar-refractivity contribution is 0.0886. The molecule has 144 valence electrons. The van der Waals surface area contributed by atoms with Crippen molar-refractivity contribution in [1.82, 2.24) is 0 Å². The molecule has 0 saturated heterocycles. The largest absolute Gasteiger partial charge is 0.294 e. The molecule has 1 heteroatoms. The first-order valence-corrected chi connectivity index (χ1v) is 10.5. The Kier molecular flexibility index (Phi) is 5.34. The zero-order chi connectivity index (χ0) is 19.8. The molecule has 0 aromatic heterocycles. The summed E-state index contributed by atoms with van der Waals surface area (Å²) < 4.78 is 0. The van der Waals surface area contributed by atoms with Crippen molar-refractivity contribution >= 4 is 5.78 Å². The average molecular weight is 363 g/mol. The monoisotopic (exact) mass is 362 g/mol. The number of rotatable bonds is 5. The Morgan fingerprint density at radius 3 is 2.04 bits per heavy atom. The van der Waals surface area contributed by atoms with Crippen LogP contribution in [-0.4, -0.2) is 5.78 Å². The van der Waals surface area contributed by atoms with Gasteiger partial charge in [-0.1, -0.05) is 96.8 Å². The molecular formula is C26H34O. The fourth-order valence-corrected chi connectivity index (χ4v) is 4.32. The van der Waals surface area contributed by atoms with E-state index in [1.165, 1.54) is 22.3 Å². The van der Waals surface area contributed by atoms with Gasteiger partial charge in [-0.15, -0.1) is 0 Å². The van der Waals surface area contributed by atoms with E-state index in [9.17, 15) is 4.79 Å². The highest BCUT2D eigenvalue weighted by Crippen LogP contribution is 2.42. The van der Waals surface area contributed by atoms with Gasteiger partial charge in [-0.05, 0) is 45.9 Å². The fraction of sp³-hybridized carbons (Fsp3) is 0.500. The van der Waals surface area contributed by atoms with Gasteiger partial charge in [-0.25, -0.2) is 0 Å². The maximum Gasteiger partial charge on any atom is 0.166 e. The Hall–Kier alpha value is -1.89. The molecule has 1 atom stereocenters. The summed E-state index contributed by atoms with van der Waals surface area (Å²) in [5.74, 6) is 0.492. The normalized spacial score (nSPS) is 17.3. The zero-order valence-corrected chi connectivity index (χ0v) is 17.9. The van der Waals surface area contributed by atoms with Gasteiger partial charge in [-0.2, -0.15) is 0 Å². The van der Waals surface area contributed by atoms with Crippen LogP contribution in [-0.2, 0) is 11.8 Å². The van der Waals surface area contributed by atoms with Gasteiger partial charge in [0.2, 0.25) is 0 Å². The minimum absolute atomic E-state index is 0.139. The molecule has 0 N–H and O–H groups in total. The van der Waals surface area contributed by atoms with E-state index in [0.29, 0.717) is 5.78 Å². The number of ketones is 1. The standard InChI is InChI=1S/C26H34O/c1-7-26(6,8-2)17-19-16-23-21(10-9-11-22(23)24(19)27)18-12-14-20(15-13-18)25(3,4)5/h9-15,19H,7-8,16-17H2,1-6H3. The van der Waals surface area contributed by atoms with E-state index < -0.39 is 0 Å². The van der Waals surface area contributed by atoms with Crippen molar-refractivity contribution in [3.8, 4) is 11.1 Å². The summed E-state index contributed by atoms with van der Waals surface area (Å²) in [5.41, 5.74) is 6.42. The molecule has 1 aliphatic rings. The van der Waals surface area contributed by atoms with Gasteiger partial charge in [0.05, 0.1) is 0 Å². The second-order valence-corrected chi connectivity index (χ2v) is 9.65. The van der Waals surface area contributed by atoms with Gasteiger partial charge in [0.15, 0.2) is 5.78 Å². The lowest BCUT2D eigenvalue weighted by atomic mass is 9.75. The third-order valence-corrected chi connectivity index (χ3v) is 6.77. The van der Waals surface area contributed by atoms with Crippen LogP contribution in [0.5, 0.6) is 0 Å². The maximum absolute atomic E-state index is 13.1. The molecule has 0 radical (unpaired) electrons. The number of hydrogen-bond acceptors (Lipinski definition) is 1. The SMILES string of the molecule is CCC(C)(CC)CC1Cc2c(cccc2-c2ccc(C(C)(C)C)cc2)C1=O. The molecule has 2 aromatic carbocycles. The van der Waals surface area contributed by atoms with Gasteiger partial charge >= 0.3 is 0 Å². The molecule has 0 aliphatic heterocycles. The predicted molar refractivity (Wildman–Crippen MR) is 115 cm³/mol. The van der Waals surface area contributed by atoms with E-state index in [0.717, 1.165) is 31.2 Å². The first-order valence-electron chi connectivity index (χ1n) is 10.5. The van der Waals surface area contributed by atoms with E-state index in [1.54, 1.807) is 0 Å². The van der Waals surface area contributed by atoms with Crippen molar-refractivity contribution in [2.75, 3.05) is 0 Å². The average Bonchev–Trinajstić information content (AvgIpc) is 2.96. The number of fused-ring (bicyclic) bond motifs is 1. The topological polar surface area (TPSA) is 17.1 Å². The quantitative estimate of drug-likeness (QED) is 0.548. The van der Waals surface area contributed by atoms with E-state index in [1.807, 2.05) is 12.1 Å². The molecule has 27 heavy (non-hydrogen) atoms. The molecule has 0 amide bonds. The molecule has 1 aliphatic carbocycles. The molecule has 0 bridgehead atoms. The summed E-state index contributed by atoms with van der Waals surface area (Å²) in [4.78, 5) is 13.1. The number of hydrogen-bond donors (Lipinski definition) is 0. The summed E-state index contributed by atoms with van der Waals surface area (Å²) in [6.07, 6.45) is 4.15. The van der Waals surface area contributed by atoms with Crippen molar-refractivity contribution in [2.24, 2.45) is 11.3 Å². The molecule has 2 aromatic rings. The van der Waals surface area contributed by atoms with Crippen molar-refractivity contribution in [3.63, 3.8) is 0 Å². The summed E-state index contributed by atoms with van der Waals surface area (Å²) in [7, 11) is 0. The minimum atomic E-state index is 0.139. The van der Waals surface area contributed by atoms with Gasteiger partial charge in [0.1, 0.15) is 0 Å². The fourth-order valence-electron chi connectivity index (χ4n) is 4.32. The molecule has 0 heterocycles. The van der Waals surface area contributed by atoms with Crippen molar-refractivity contribution in [2.45, 2.75) is 72.6 Å². The Bertz CT molecular complexity index is 816. The molecule has 1 nitrogen and oxygen atoms in total. The molecular weight excluding hydrogens is 328 g/mol. The summed E-state index contributed by atoms with van der Waals surface area (Å²) >= 11 is 0. The lowest BCUT2D eigenvalue weighted by Gasteiger charge is -2.29. The van der Waals surface area contributed by atoms with E-state index in [2.05, 4.69) is 71.9 Å². The van der Waals surface area contributed by atoms with Crippen LogP contribution < -0.4 is 0 Å². The number of carbonyl (C=O) groups is 1. The highest BCUT2D eigenvalue weighted by atomic mass is 16.1. The third-order valence-electron chi connectivity index (χ3n) is 6.77. The van der Waals surface area contributed by atoms with Crippen LogP contribution in [0.4, 0.5) is 0 Å². The number of Topliss-reactive ketones (excluding diaryl/α,β-unsaturated/α-hetero) is 1. The second-order valence-electron chi connectivity index (χ2n) is 9.65. The zero-order valence-electron chi connectivity index (χ0n) is 17.9. The van der Waals surface area contributed by atoms with Gasteiger partial charge in [0, 0.05) is 11.5 Å². The summed E-state index contributed by atoms with van der Waals surface area (Å²) in [5, 5.41) is 0. The van der Waals surface area contributed by atoms with E-state index >= 15 is 0 Å². The Labute approximate surface area is 165 Å². The van der Waals surface area contributed by atoms with Crippen LogP contribution in [0.3, 0.4) is 0 Å². The van der Waals surface area contributed by atoms with Crippen LogP contribution in [0.25, 0.3) is 11.1 Å². The molecule has 0 spiro atoms.